The average Bonchev–Trinajstić information content (AvgIpc) is 3.45. The van der Waals surface area contributed by atoms with Gasteiger partial charge in [0.15, 0.2) is 5.13 Å². The molecule has 0 bridgehead atoms. The first-order chi connectivity index (χ1) is 14.6. The van der Waals surface area contributed by atoms with E-state index in [1.807, 2.05) is 41.5 Å². The van der Waals surface area contributed by atoms with Gasteiger partial charge in [0.1, 0.15) is 17.6 Å². The van der Waals surface area contributed by atoms with Crippen molar-refractivity contribution in [2.75, 3.05) is 12.0 Å². The van der Waals surface area contributed by atoms with Crippen molar-refractivity contribution in [2.24, 2.45) is 0 Å². The molecule has 5 nitrogen and oxygen atoms in total. The van der Waals surface area contributed by atoms with Gasteiger partial charge in [-0.3, -0.25) is 4.79 Å². The van der Waals surface area contributed by atoms with Gasteiger partial charge in [0.25, 0.3) is 0 Å². The summed E-state index contributed by atoms with van der Waals surface area (Å²) in [5, 5.41) is 5.78. The Morgan fingerprint density at radius 3 is 2.53 bits per heavy atom. The summed E-state index contributed by atoms with van der Waals surface area (Å²) in [6.07, 6.45) is 2.71. The summed E-state index contributed by atoms with van der Waals surface area (Å²) in [5.41, 5.74) is 2.46. The van der Waals surface area contributed by atoms with Crippen molar-refractivity contribution in [3.05, 3.63) is 59.7 Å². The second-order valence-corrected chi connectivity index (χ2v) is 8.13. The number of methoxy groups -OCH3 is 1. The van der Waals surface area contributed by atoms with Crippen LogP contribution in [0.5, 0.6) is 5.75 Å². The molecule has 1 saturated carbocycles. The van der Waals surface area contributed by atoms with Crippen LogP contribution >= 0.6 is 11.3 Å². The molecule has 1 aromatic heterocycles. The van der Waals surface area contributed by atoms with Crippen LogP contribution in [0.2, 0.25) is 0 Å². The summed E-state index contributed by atoms with van der Waals surface area (Å²) >= 11 is 1.47. The predicted octanol–water partition coefficient (Wildman–Crippen LogP) is 5.15. The monoisotopic (exact) mass is 425 g/mol. The van der Waals surface area contributed by atoms with Gasteiger partial charge < -0.3 is 15.0 Å². The van der Waals surface area contributed by atoms with E-state index in [9.17, 15) is 9.18 Å². The van der Waals surface area contributed by atoms with E-state index in [0.29, 0.717) is 6.42 Å². The Hall–Kier alpha value is -2.93. The van der Waals surface area contributed by atoms with Crippen LogP contribution in [0.1, 0.15) is 26.2 Å². The maximum absolute atomic E-state index is 13.3. The molecule has 1 atom stereocenters. The van der Waals surface area contributed by atoms with Crippen molar-refractivity contribution in [1.29, 1.82) is 0 Å². The van der Waals surface area contributed by atoms with Crippen molar-refractivity contribution in [1.82, 2.24) is 10.3 Å². The van der Waals surface area contributed by atoms with Crippen LogP contribution in [-0.2, 0) is 4.79 Å². The van der Waals surface area contributed by atoms with E-state index < -0.39 is 0 Å². The number of hydrogen-bond acceptors (Lipinski definition) is 5. The molecule has 1 N–H and O–H groups in total. The number of anilines is 2. The van der Waals surface area contributed by atoms with Gasteiger partial charge in [0.05, 0.1) is 12.8 Å². The van der Waals surface area contributed by atoms with E-state index in [1.165, 1.54) is 23.5 Å². The lowest BCUT2D eigenvalue weighted by Crippen LogP contribution is -2.45. The third kappa shape index (κ3) is 4.46. The smallest absolute Gasteiger partial charge is 0.243 e. The Labute approximate surface area is 179 Å². The summed E-state index contributed by atoms with van der Waals surface area (Å²) in [6, 6.07) is 13.8. The van der Waals surface area contributed by atoms with E-state index in [-0.39, 0.29) is 23.8 Å². The molecule has 0 radical (unpaired) electrons. The number of halogens is 1. The van der Waals surface area contributed by atoms with Crippen molar-refractivity contribution in [3.63, 3.8) is 0 Å². The Bertz CT molecular complexity index is 1000. The zero-order chi connectivity index (χ0) is 21.1. The molecule has 7 heteroatoms. The van der Waals surface area contributed by atoms with Crippen molar-refractivity contribution in [3.8, 4) is 17.0 Å². The topological polar surface area (TPSA) is 54.5 Å². The maximum Gasteiger partial charge on any atom is 0.243 e. The molecule has 0 saturated heterocycles. The molecule has 3 aromatic rings. The fourth-order valence-corrected chi connectivity index (χ4v) is 4.21. The zero-order valence-corrected chi connectivity index (χ0v) is 17.8. The van der Waals surface area contributed by atoms with Crippen molar-refractivity contribution >= 4 is 28.1 Å². The number of rotatable bonds is 8. The number of hydrogen-bond donors (Lipinski definition) is 1. The first-order valence-corrected chi connectivity index (χ1v) is 10.9. The summed E-state index contributed by atoms with van der Waals surface area (Å²) in [6.45, 7) is 2.00. The minimum Gasteiger partial charge on any atom is -0.497 e. The molecular formula is C23H24FN3O2S. The molecule has 1 amide bonds. The number of carbonyl (C=O) groups excluding carboxylic acids is 1. The zero-order valence-electron chi connectivity index (χ0n) is 17.0. The number of aromatic nitrogens is 1. The van der Waals surface area contributed by atoms with Crippen LogP contribution in [0.3, 0.4) is 0 Å². The van der Waals surface area contributed by atoms with Crippen LogP contribution < -0.4 is 15.0 Å². The lowest BCUT2D eigenvalue weighted by molar-refractivity contribution is -0.122. The fraction of sp³-hybridized carbons (Fsp3) is 0.304. The van der Waals surface area contributed by atoms with E-state index in [2.05, 4.69) is 5.32 Å². The number of carbonyl (C=O) groups is 1. The maximum atomic E-state index is 13.3. The highest BCUT2D eigenvalue weighted by Crippen LogP contribution is 2.35. The summed E-state index contributed by atoms with van der Waals surface area (Å²) in [7, 11) is 1.63. The Balaban J connectivity index is 1.70. The second-order valence-electron chi connectivity index (χ2n) is 7.30. The molecule has 0 aliphatic heterocycles. The summed E-state index contributed by atoms with van der Waals surface area (Å²) < 4.78 is 18.6. The van der Waals surface area contributed by atoms with Gasteiger partial charge in [-0.2, -0.15) is 0 Å². The molecule has 1 aliphatic carbocycles. The standard InChI is InChI=1S/C23H24FN3O2S/c1-3-21(22(28)25-17-8-9-17)27(18-10-12-19(29-2)13-11-18)23-26-20(14-30-23)15-4-6-16(24)7-5-15/h4-7,10-14,17,21H,3,8-9H2,1-2H3,(H,25,28). The molecule has 1 aliphatic rings. The SMILES string of the molecule is CCC(C(=O)NC1CC1)N(c1ccc(OC)cc1)c1nc(-c2ccc(F)cc2)cs1. The highest BCUT2D eigenvalue weighted by atomic mass is 32.1. The highest BCUT2D eigenvalue weighted by molar-refractivity contribution is 7.14. The summed E-state index contributed by atoms with van der Waals surface area (Å²) in [4.78, 5) is 19.8. The third-order valence-electron chi connectivity index (χ3n) is 5.11. The van der Waals surface area contributed by atoms with Gasteiger partial charge in [0, 0.05) is 22.7 Å². The van der Waals surface area contributed by atoms with Crippen LogP contribution in [0.25, 0.3) is 11.3 Å². The normalized spacial score (nSPS) is 14.2. The van der Waals surface area contributed by atoms with Crippen LogP contribution in [0, 0.1) is 5.82 Å². The van der Waals surface area contributed by atoms with E-state index >= 15 is 0 Å². The van der Waals surface area contributed by atoms with Gasteiger partial charge in [-0.25, -0.2) is 9.37 Å². The van der Waals surface area contributed by atoms with Gasteiger partial charge in [0.2, 0.25) is 5.91 Å². The van der Waals surface area contributed by atoms with Crippen LogP contribution in [-0.4, -0.2) is 30.1 Å². The lowest BCUT2D eigenvalue weighted by Gasteiger charge is -2.30. The second kappa shape index (κ2) is 8.83. The Morgan fingerprint density at radius 1 is 1.23 bits per heavy atom. The van der Waals surface area contributed by atoms with Crippen molar-refractivity contribution < 1.29 is 13.9 Å². The third-order valence-corrected chi connectivity index (χ3v) is 5.95. The fourth-order valence-electron chi connectivity index (χ4n) is 3.30. The molecule has 0 spiro atoms. The highest BCUT2D eigenvalue weighted by Gasteiger charge is 2.32. The molecule has 156 valence electrons. The molecule has 2 aromatic carbocycles. The van der Waals surface area contributed by atoms with Crippen LogP contribution in [0.4, 0.5) is 15.2 Å². The number of nitrogens with one attached hydrogen (secondary N) is 1. The number of nitrogens with zero attached hydrogens (tertiary/aromatic N) is 2. The predicted molar refractivity (Wildman–Crippen MR) is 118 cm³/mol. The largest absolute Gasteiger partial charge is 0.497 e. The van der Waals surface area contributed by atoms with E-state index in [4.69, 9.17) is 9.72 Å². The molecule has 1 heterocycles. The van der Waals surface area contributed by atoms with Gasteiger partial charge >= 0.3 is 0 Å². The first kappa shape index (κ1) is 20.3. The first-order valence-electron chi connectivity index (χ1n) is 10.0. The quantitative estimate of drug-likeness (QED) is 0.542. The Kier molecular flexibility index (Phi) is 5.99. The van der Waals surface area contributed by atoms with Crippen LogP contribution in [0.15, 0.2) is 53.9 Å². The van der Waals surface area contributed by atoms with Gasteiger partial charge in [-0.15, -0.1) is 11.3 Å². The molecule has 1 unspecified atom stereocenters. The van der Waals surface area contributed by atoms with Gasteiger partial charge in [-0.05, 0) is 67.8 Å². The number of amides is 1. The van der Waals surface area contributed by atoms with E-state index in [1.54, 1.807) is 19.2 Å². The van der Waals surface area contributed by atoms with Crippen molar-refractivity contribution in [2.45, 2.75) is 38.3 Å². The molecular weight excluding hydrogens is 401 g/mol. The lowest BCUT2D eigenvalue weighted by atomic mass is 10.1. The van der Waals surface area contributed by atoms with Gasteiger partial charge in [-0.1, -0.05) is 6.92 Å². The number of thiazole rings is 1. The number of ether oxygens (including phenoxy) is 1. The number of benzene rings is 2. The molecule has 4 rings (SSSR count). The minimum absolute atomic E-state index is 0.00866. The minimum atomic E-state index is -0.383. The summed E-state index contributed by atoms with van der Waals surface area (Å²) in [5.74, 6) is 0.478. The molecule has 1 fully saturated rings. The van der Waals surface area contributed by atoms with E-state index in [0.717, 1.165) is 40.7 Å². The molecule has 30 heavy (non-hydrogen) atoms. The Morgan fingerprint density at radius 2 is 1.93 bits per heavy atom. The average molecular weight is 426 g/mol.